The monoisotopic (exact) mass is 382 g/mol. The van der Waals surface area contributed by atoms with Gasteiger partial charge in [0.05, 0.1) is 25.6 Å². The largest absolute Gasteiger partial charge is 0.467 e. The van der Waals surface area contributed by atoms with E-state index in [4.69, 9.17) is 4.42 Å². The quantitative estimate of drug-likeness (QED) is 0.770. The highest BCUT2D eigenvalue weighted by molar-refractivity contribution is 7.88. The summed E-state index contributed by atoms with van der Waals surface area (Å²) in [5.74, 6) is 0.671. The molecule has 1 amide bonds. The Balaban J connectivity index is 1.68. The summed E-state index contributed by atoms with van der Waals surface area (Å²) in [6.07, 6.45) is 3.94. The third-order valence-electron chi connectivity index (χ3n) is 4.44. The van der Waals surface area contributed by atoms with Gasteiger partial charge in [-0.3, -0.25) is 4.79 Å². The van der Waals surface area contributed by atoms with Crippen LogP contribution in [0.2, 0.25) is 0 Å². The van der Waals surface area contributed by atoms with Gasteiger partial charge in [0.25, 0.3) is 0 Å². The van der Waals surface area contributed by atoms with Crippen molar-refractivity contribution >= 4 is 27.3 Å². The van der Waals surface area contributed by atoms with E-state index in [1.807, 2.05) is 34.5 Å². The maximum atomic E-state index is 13.0. The van der Waals surface area contributed by atoms with Crippen molar-refractivity contribution in [1.82, 2.24) is 9.21 Å². The van der Waals surface area contributed by atoms with Crippen LogP contribution in [0.3, 0.4) is 0 Å². The molecule has 2 aromatic rings. The zero-order valence-corrected chi connectivity index (χ0v) is 15.8. The summed E-state index contributed by atoms with van der Waals surface area (Å²) in [6, 6.07) is 7.66. The minimum Gasteiger partial charge on any atom is -0.467 e. The van der Waals surface area contributed by atoms with E-state index >= 15 is 0 Å². The van der Waals surface area contributed by atoms with Crippen molar-refractivity contribution in [3.63, 3.8) is 0 Å². The smallest absolute Gasteiger partial charge is 0.226 e. The molecular formula is C17H22N2O4S2. The fourth-order valence-corrected chi connectivity index (χ4v) is 4.68. The zero-order valence-electron chi connectivity index (χ0n) is 14.1. The molecule has 136 valence electrons. The van der Waals surface area contributed by atoms with Crippen molar-refractivity contribution in [2.24, 2.45) is 5.92 Å². The fraction of sp³-hybridized carbons (Fsp3) is 0.471. The molecule has 0 saturated carbocycles. The highest BCUT2D eigenvalue weighted by Gasteiger charge is 2.31. The first-order chi connectivity index (χ1) is 11.9. The number of hydrogen-bond donors (Lipinski definition) is 0. The van der Waals surface area contributed by atoms with Gasteiger partial charge >= 0.3 is 0 Å². The van der Waals surface area contributed by atoms with E-state index in [0.717, 1.165) is 10.6 Å². The second-order valence-electron chi connectivity index (χ2n) is 6.29. The lowest BCUT2D eigenvalue weighted by Gasteiger charge is -2.32. The van der Waals surface area contributed by atoms with E-state index in [1.54, 1.807) is 17.6 Å². The first-order valence-electron chi connectivity index (χ1n) is 8.22. The van der Waals surface area contributed by atoms with Crippen LogP contribution in [0.4, 0.5) is 0 Å². The van der Waals surface area contributed by atoms with Gasteiger partial charge in [-0.15, -0.1) is 11.3 Å². The minimum absolute atomic E-state index is 0.0675. The van der Waals surface area contributed by atoms with Crippen molar-refractivity contribution in [3.05, 3.63) is 46.5 Å². The van der Waals surface area contributed by atoms with Gasteiger partial charge in [-0.1, -0.05) is 6.07 Å². The third-order valence-corrected chi connectivity index (χ3v) is 6.60. The van der Waals surface area contributed by atoms with Gasteiger partial charge in [0, 0.05) is 23.9 Å². The van der Waals surface area contributed by atoms with Gasteiger partial charge in [-0.2, -0.15) is 0 Å². The van der Waals surface area contributed by atoms with Crippen LogP contribution < -0.4 is 0 Å². The number of piperidine rings is 1. The number of furan rings is 1. The third kappa shape index (κ3) is 4.71. The van der Waals surface area contributed by atoms with E-state index in [9.17, 15) is 13.2 Å². The second kappa shape index (κ2) is 7.72. The molecule has 0 spiro atoms. The Labute approximate surface area is 152 Å². The van der Waals surface area contributed by atoms with Crippen LogP contribution >= 0.6 is 11.3 Å². The molecular weight excluding hydrogens is 360 g/mol. The predicted molar refractivity (Wildman–Crippen MR) is 96.4 cm³/mol. The van der Waals surface area contributed by atoms with Gasteiger partial charge < -0.3 is 9.32 Å². The summed E-state index contributed by atoms with van der Waals surface area (Å²) in [6.45, 7) is 1.78. The average Bonchev–Trinajstić information content (AvgIpc) is 3.27. The van der Waals surface area contributed by atoms with Crippen LogP contribution in [0.25, 0.3) is 0 Å². The lowest BCUT2D eigenvalue weighted by atomic mass is 9.96. The van der Waals surface area contributed by atoms with Crippen molar-refractivity contribution < 1.29 is 17.6 Å². The van der Waals surface area contributed by atoms with E-state index in [2.05, 4.69) is 0 Å². The Morgan fingerprint density at radius 3 is 2.60 bits per heavy atom. The number of amides is 1. The van der Waals surface area contributed by atoms with Gasteiger partial charge in [0.1, 0.15) is 5.76 Å². The standard InChI is InChI=1S/C17H22N2O4S2/c1-25(21,22)19-8-6-14(7-9-19)17(20)18(12-15-4-2-10-23-15)13-16-5-3-11-24-16/h2-5,10-11,14H,6-9,12-13H2,1H3. The Morgan fingerprint density at radius 2 is 2.04 bits per heavy atom. The SMILES string of the molecule is CS(=O)(=O)N1CCC(C(=O)N(Cc2ccco2)Cc2cccs2)CC1. The van der Waals surface area contributed by atoms with Crippen LogP contribution in [-0.2, 0) is 27.9 Å². The normalized spacial score (nSPS) is 16.8. The molecule has 0 aliphatic carbocycles. The lowest BCUT2D eigenvalue weighted by molar-refractivity contribution is -0.138. The highest BCUT2D eigenvalue weighted by atomic mass is 32.2. The summed E-state index contributed by atoms with van der Waals surface area (Å²) in [5.41, 5.74) is 0. The Kier molecular flexibility index (Phi) is 5.61. The molecule has 6 nitrogen and oxygen atoms in total. The second-order valence-corrected chi connectivity index (χ2v) is 9.30. The van der Waals surface area contributed by atoms with Gasteiger partial charge in [0.2, 0.25) is 15.9 Å². The Hall–Kier alpha value is -1.64. The number of nitrogens with zero attached hydrogens (tertiary/aromatic N) is 2. The summed E-state index contributed by atoms with van der Waals surface area (Å²) in [5, 5.41) is 2.00. The first-order valence-corrected chi connectivity index (χ1v) is 10.9. The van der Waals surface area contributed by atoms with Crippen molar-refractivity contribution in [2.45, 2.75) is 25.9 Å². The van der Waals surface area contributed by atoms with E-state index < -0.39 is 10.0 Å². The molecule has 0 aromatic carbocycles. The van der Waals surface area contributed by atoms with Crippen LogP contribution in [0, 0.1) is 5.92 Å². The van der Waals surface area contributed by atoms with Gasteiger partial charge in [-0.05, 0) is 36.4 Å². The van der Waals surface area contributed by atoms with E-state index in [1.165, 1.54) is 10.6 Å². The predicted octanol–water partition coefficient (Wildman–Crippen LogP) is 2.54. The van der Waals surface area contributed by atoms with Crippen LogP contribution in [0.15, 0.2) is 40.3 Å². The number of thiophene rings is 1. The van der Waals surface area contributed by atoms with Crippen molar-refractivity contribution in [1.29, 1.82) is 0 Å². The molecule has 1 aliphatic heterocycles. The molecule has 3 rings (SSSR count). The molecule has 3 heterocycles. The Morgan fingerprint density at radius 1 is 1.28 bits per heavy atom. The fourth-order valence-electron chi connectivity index (χ4n) is 3.09. The molecule has 0 N–H and O–H groups in total. The highest BCUT2D eigenvalue weighted by Crippen LogP contribution is 2.24. The molecule has 1 fully saturated rings. The van der Waals surface area contributed by atoms with Crippen LogP contribution in [0.5, 0.6) is 0 Å². The lowest BCUT2D eigenvalue weighted by Crippen LogP contribution is -2.43. The molecule has 2 aromatic heterocycles. The molecule has 0 unspecified atom stereocenters. The molecule has 0 bridgehead atoms. The minimum atomic E-state index is -3.18. The maximum Gasteiger partial charge on any atom is 0.226 e. The summed E-state index contributed by atoms with van der Waals surface area (Å²) < 4.78 is 30.1. The molecule has 1 aliphatic rings. The number of hydrogen-bond acceptors (Lipinski definition) is 5. The number of rotatable bonds is 6. The Bertz CT molecular complexity index is 740. The van der Waals surface area contributed by atoms with Crippen molar-refractivity contribution in [3.8, 4) is 0 Å². The topological polar surface area (TPSA) is 70.8 Å². The zero-order chi connectivity index (χ0) is 17.9. The summed E-state index contributed by atoms with van der Waals surface area (Å²) >= 11 is 1.62. The molecule has 8 heteroatoms. The van der Waals surface area contributed by atoms with Crippen molar-refractivity contribution in [2.75, 3.05) is 19.3 Å². The van der Waals surface area contributed by atoms with Gasteiger partial charge in [0.15, 0.2) is 0 Å². The maximum absolute atomic E-state index is 13.0. The molecule has 0 radical (unpaired) electrons. The molecule has 0 atom stereocenters. The molecule has 1 saturated heterocycles. The van der Waals surface area contributed by atoms with Crippen LogP contribution in [-0.4, -0.2) is 42.9 Å². The molecule has 25 heavy (non-hydrogen) atoms. The summed E-state index contributed by atoms with van der Waals surface area (Å²) in [7, 11) is -3.18. The number of sulfonamides is 1. The number of carbonyl (C=O) groups is 1. The first kappa shape index (κ1) is 18.2. The van der Waals surface area contributed by atoms with E-state index in [0.29, 0.717) is 39.0 Å². The average molecular weight is 383 g/mol. The van der Waals surface area contributed by atoms with Gasteiger partial charge in [-0.25, -0.2) is 12.7 Å². The van der Waals surface area contributed by atoms with E-state index in [-0.39, 0.29) is 11.8 Å². The number of carbonyl (C=O) groups excluding carboxylic acids is 1. The summed E-state index contributed by atoms with van der Waals surface area (Å²) in [4.78, 5) is 16.0. The van der Waals surface area contributed by atoms with Crippen LogP contribution in [0.1, 0.15) is 23.5 Å².